The predicted octanol–water partition coefficient (Wildman–Crippen LogP) is 3.76. The average molecular weight is 489 g/mol. The maximum Gasteiger partial charge on any atom is 0.306 e. The number of carbonyl (C=O) groups excluding carboxylic acids is 3. The number of ketones is 2. The lowest BCUT2D eigenvalue weighted by molar-refractivity contribution is -0.203. The third kappa shape index (κ3) is 3.59. The predicted molar refractivity (Wildman–Crippen MR) is 127 cm³/mol. The molecule has 1 saturated heterocycles. The topological polar surface area (TPSA) is 99.1 Å². The molecule has 1 N–H and O–H groups in total. The molecule has 1 unspecified atom stereocenters. The SMILES string of the molecule is COC(OC(C)C)C(=O)[C@@H]1CC2=CC(=O)CC[C@]2(C)[C@@H]2[C@@H]1[C@@H]1CC[C@@]3(CCC(=O)O3)[C@@]1(C)C[C@H]2O. The van der Waals surface area contributed by atoms with Gasteiger partial charge in [-0.1, -0.05) is 19.4 Å². The zero-order chi connectivity index (χ0) is 25.3. The first-order chi connectivity index (χ1) is 16.5. The van der Waals surface area contributed by atoms with Crippen LogP contribution in [-0.4, -0.2) is 53.9 Å². The van der Waals surface area contributed by atoms with Gasteiger partial charge in [0.15, 0.2) is 11.6 Å². The average Bonchev–Trinajstić information content (AvgIpc) is 3.31. The number of ether oxygens (including phenoxy) is 3. The highest BCUT2D eigenvalue weighted by Gasteiger charge is 2.71. The second-order valence-electron chi connectivity index (χ2n) is 12.4. The third-order valence-corrected chi connectivity index (χ3v) is 10.5. The maximum absolute atomic E-state index is 14.0. The van der Waals surface area contributed by atoms with Crippen LogP contribution in [0.4, 0.5) is 0 Å². The molecule has 1 spiro atoms. The summed E-state index contributed by atoms with van der Waals surface area (Å²) in [6, 6.07) is 0. The molecule has 35 heavy (non-hydrogen) atoms. The molecule has 0 aromatic rings. The summed E-state index contributed by atoms with van der Waals surface area (Å²) in [6.45, 7) is 8.09. The summed E-state index contributed by atoms with van der Waals surface area (Å²) >= 11 is 0. The largest absolute Gasteiger partial charge is 0.458 e. The molecule has 9 atom stereocenters. The standard InChI is InChI=1S/C28H40O7/c1-15(2)34-25(33-5)24(32)18-13-16-12-17(29)6-9-26(16,3)23-20(30)14-27(4)19(22(18)23)7-10-28(27)11-8-21(31)35-28/h12,15,18-20,22-23,25,30H,6-11,13-14H2,1-5H3/t18-,19+,20-,22+,23+,25?,26+,27+,28-/m1/s1. The molecule has 0 radical (unpaired) electrons. The smallest absolute Gasteiger partial charge is 0.306 e. The zero-order valence-electron chi connectivity index (χ0n) is 21.7. The summed E-state index contributed by atoms with van der Waals surface area (Å²) in [5, 5.41) is 11.8. The van der Waals surface area contributed by atoms with E-state index in [1.165, 1.54) is 7.11 Å². The lowest BCUT2D eigenvalue weighted by Crippen LogP contribution is -2.63. The van der Waals surface area contributed by atoms with Gasteiger partial charge in [-0.25, -0.2) is 0 Å². The number of methoxy groups -OCH3 is 1. The molecule has 0 aromatic carbocycles. The molecule has 0 bridgehead atoms. The van der Waals surface area contributed by atoms with Gasteiger partial charge >= 0.3 is 5.97 Å². The van der Waals surface area contributed by atoms with E-state index >= 15 is 0 Å². The van der Waals surface area contributed by atoms with Crippen LogP contribution < -0.4 is 0 Å². The monoisotopic (exact) mass is 488 g/mol. The minimum absolute atomic E-state index is 0.0941. The summed E-state index contributed by atoms with van der Waals surface area (Å²) in [7, 11) is 1.49. The Bertz CT molecular complexity index is 955. The van der Waals surface area contributed by atoms with E-state index in [1.807, 2.05) is 13.8 Å². The first-order valence-electron chi connectivity index (χ1n) is 13.3. The number of Topliss-reactive ketones (excluding diaryl/α,β-unsaturated/α-hetero) is 1. The van der Waals surface area contributed by atoms with Gasteiger partial charge in [0.25, 0.3) is 0 Å². The summed E-state index contributed by atoms with van der Waals surface area (Å²) < 4.78 is 17.4. The molecule has 1 aliphatic heterocycles. The van der Waals surface area contributed by atoms with Crippen molar-refractivity contribution in [2.24, 2.45) is 34.5 Å². The molecule has 0 amide bonds. The fourth-order valence-corrected chi connectivity index (χ4v) is 8.91. The van der Waals surface area contributed by atoms with Crippen molar-refractivity contribution in [3.05, 3.63) is 11.6 Å². The van der Waals surface area contributed by atoms with E-state index in [-0.39, 0.29) is 46.8 Å². The van der Waals surface area contributed by atoms with E-state index in [4.69, 9.17) is 14.2 Å². The Balaban J connectivity index is 1.60. The highest BCUT2D eigenvalue weighted by atomic mass is 16.7. The minimum atomic E-state index is -0.991. The number of esters is 1. The maximum atomic E-state index is 14.0. The number of allylic oxidation sites excluding steroid dienone is 1. The molecule has 194 valence electrons. The number of aliphatic hydroxyl groups excluding tert-OH is 1. The number of rotatable bonds is 5. The van der Waals surface area contributed by atoms with Gasteiger partial charge < -0.3 is 19.3 Å². The van der Waals surface area contributed by atoms with Gasteiger partial charge in [-0.15, -0.1) is 0 Å². The van der Waals surface area contributed by atoms with Crippen LogP contribution >= 0.6 is 0 Å². The number of hydrogen-bond acceptors (Lipinski definition) is 7. The van der Waals surface area contributed by atoms with Crippen LogP contribution in [0.15, 0.2) is 11.6 Å². The lowest BCUT2D eigenvalue weighted by Gasteiger charge is -2.62. The van der Waals surface area contributed by atoms with Crippen LogP contribution in [0, 0.1) is 34.5 Å². The minimum Gasteiger partial charge on any atom is -0.458 e. The van der Waals surface area contributed by atoms with E-state index in [2.05, 4.69) is 13.8 Å². The van der Waals surface area contributed by atoms with Crippen molar-refractivity contribution < 1.29 is 33.7 Å². The van der Waals surface area contributed by atoms with Crippen molar-refractivity contribution in [2.45, 2.75) is 103 Å². The third-order valence-electron chi connectivity index (χ3n) is 10.5. The quantitative estimate of drug-likeness (QED) is 0.465. The van der Waals surface area contributed by atoms with Crippen molar-refractivity contribution >= 4 is 17.5 Å². The Morgan fingerprint density at radius 2 is 1.91 bits per heavy atom. The lowest BCUT2D eigenvalue weighted by atomic mass is 9.43. The highest BCUT2D eigenvalue weighted by molar-refractivity contribution is 5.92. The Labute approximate surface area is 207 Å². The second-order valence-corrected chi connectivity index (χ2v) is 12.4. The van der Waals surface area contributed by atoms with Crippen LogP contribution in [0.25, 0.3) is 0 Å². The number of aliphatic hydroxyl groups is 1. The van der Waals surface area contributed by atoms with Crippen molar-refractivity contribution in [1.29, 1.82) is 0 Å². The van der Waals surface area contributed by atoms with Crippen molar-refractivity contribution in [3.63, 3.8) is 0 Å². The first kappa shape index (κ1) is 25.1. The first-order valence-corrected chi connectivity index (χ1v) is 13.3. The fraction of sp³-hybridized carbons (Fsp3) is 0.821. The molecule has 7 nitrogen and oxygen atoms in total. The summed E-state index contributed by atoms with van der Waals surface area (Å²) in [6.07, 6.45) is 4.81. The second kappa shape index (κ2) is 8.49. The summed E-state index contributed by atoms with van der Waals surface area (Å²) in [4.78, 5) is 38.7. The van der Waals surface area contributed by atoms with Gasteiger partial charge in [0.05, 0.1) is 12.2 Å². The van der Waals surface area contributed by atoms with Crippen molar-refractivity contribution in [1.82, 2.24) is 0 Å². The Morgan fingerprint density at radius 1 is 1.17 bits per heavy atom. The van der Waals surface area contributed by atoms with Gasteiger partial charge in [-0.2, -0.15) is 0 Å². The number of fused-ring (bicyclic) bond motifs is 6. The van der Waals surface area contributed by atoms with Gasteiger partial charge in [0.2, 0.25) is 6.29 Å². The number of hydrogen-bond donors (Lipinski definition) is 1. The molecule has 7 heteroatoms. The van der Waals surface area contributed by atoms with Crippen LogP contribution in [0.1, 0.15) is 79.1 Å². The molecule has 1 heterocycles. The highest BCUT2D eigenvalue weighted by Crippen LogP contribution is 2.70. The summed E-state index contributed by atoms with van der Waals surface area (Å²) in [5.74, 6) is -0.726. The van der Waals surface area contributed by atoms with Gasteiger partial charge in [-0.3, -0.25) is 14.4 Å². The molecule has 5 aliphatic rings. The van der Waals surface area contributed by atoms with E-state index in [9.17, 15) is 19.5 Å². The zero-order valence-corrected chi connectivity index (χ0v) is 21.7. The molecule has 0 aromatic heterocycles. The van der Waals surface area contributed by atoms with Gasteiger partial charge in [0, 0.05) is 31.3 Å². The van der Waals surface area contributed by atoms with E-state index in [1.54, 1.807) is 6.08 Å². The van der Waals surface area contributed by atoms with E-state index < -0.39 is 29.3 Å². The van der Waals surface area contributed by atoms with Crippen LogP contribution in [0.5, 0.6) is 0 Å². The van der Waals surface area contributed by atoms with Crippen LogP contribution in [0.2, 0.25) is 0 Å². The molecule has 4 fully saturated rings. The molecular weight excluding hydrogens is 448 g/mol. The molecular formula is C28H40O7. The number of carbonyl (C=O) groups is 3. The normalized spacial score (nSPS) is 45.6. The van der Waals surface area contributed by atoms with E-state index in [0.717, 1.165) is 18.4 Å². The Hall–Kier alpha value is -1.57. The van der Waals surface area contributed by atoms with Crippen molar-refractivity contribution in [3.8, 4) is 0 Å². The van der Waals surface area contributed by atoms with Gasteiger partial charge in [-0.05, 0) is 81.6 Å². The Morgan fingerprint density at radius 3 is 2.54 bits per heavy atom. The molecule has 5 rings (SSSR count). The molecule has 4 aliphatic carbocycles. The van der Waals surface area contributed by atoms with E-state index in [0.29, 0.717) is 38.5 Å². The van der Waals surface area contributed by atoms with Crippen LogP contribution in [-0.2, 0) is 28.6 Å². The molecule has 3 saturated carbocycles. The fourth-order valence-electron chi connectivity index (χ4n) is 8.91. The van der Waals surface area contributed by atoms with Crippen molar-refractivity contribution in [2.75, 3.05) is 7.11 Å². The summed E-state index contributed by atoms with van der Waals surface area (Å²) in [5.41, 5.74) is -0.319. The Kier molecular flexibility index (Phi) is 6.09. The van der Waals surface area contributed by atoms with Gasteiger partial charge in [0.1, 0.15) is 5.60 Å². The van der Waals surface area contributed by atoms with Crippen LogP contribution in [0.3, 0.4) is 0 Å².